The lowest BCUT2D eigenvalue weighted by Gasteiger charge is -2.08. The second kappa shape index (κ2) is 8.73. The van der Waals surface area contributed by atoms with Gasteiger partial charge in [0, 0.05) is 35.8 Å². The summed E-state index contributed by atoms with van der Waals surface area (Å²) in [4.78, 5) is 8.66. The molecule has 3 nitrogen and oxygen atoms in total. The van der Waals surface area contributed by atoms with Crippen LogP contribution in [0.1, 0.15) is 48.9 Å². The van der Waals surface area contributed by atoms with Crippen LogP contribution in [0.25, 0.3) is 33.2 Å². The number of furan rings is 1. The lowest BCUT2D eigenvalue weighted by Crippen LogP contribution is -1.91. The normalized spacial score (nSPS) is 13.2. The Kier molecular flexibility index (Phi) is 5.85. The van der Waals surface area contributed by atoms with E-state index in [2.05, 4.69) is 92.3 Å². The van der Waals surface area contributed by atoms with Crippen LogP contribution in [-0.4, -0.2) is 18.2 Å². The van der Waals surface area contributed by atoms with E-state index in [1.807, 2.05) is 12.3 Å². The predicted molar refractivity (Wildman–Crippen MR) is 133 cm³/mol. The van der Waals surface area contributed by atoms with Crippen molar-refractivity contribution in [2.24, 2.45) is 4.99 Å². The van der Waals surface area contributed by atoms with E-state index in [1.54, 1.807) is 13.2 Å². The third-order valence-corrected chi connectivity index (χ3v) is 5.71. The molecule has 0 bridgehead atoms. The molecular formula is C28H28N2O. The molecule has 156 valence electrons. The summed E-state index contributed by atoms with van der Waals surface area (Å²) < 4.78 is 6.16. The standard InChI is InChI=1S/C28H28N2O/c1-18(2)21-11-13-22(14-12-21)23(17-29-5)10-8-19(3)26-20(4)9-15-24-25-7-6-16-30-28(25)31-27(24)26/h6-18H,1-5H3/b19-8+,23-10+,29-17?. The highest BCUT2D eigenvalue weighted by Crippen LogP contribution is 2.35. The lowest BCUT2D eigenvalue weighted by molar-refractivity contribution is 0.652. The molecule has 0 aliphatic carbocycles. The SMILES string of the molecule is CN=C/C(=C\C=C(/C)c1c(C)ccc2c1oc1ncccc12)c1ccc(C(C)C)cc1. The molecule has 0 radical (unpaired) electrons. The average molecular weight is 409 g/mol. The molecule has 2 heterocycles. The van der Waals surface area contributed by atoms with Crippen molar-refractivity contribution in [1.29, 1.82) is 0 Å². The molecule has 0 spiro atoms. The molecule has 0 fully saturated rings. The van der Waals surface area contributed by atoms with Gasteiger partial charge in [0.05, 0.1) is 0 Å². The minimum Gasteiger partial charge on any atom is -0.437 e. The molecule has 0 amide bonds. The first-order valence-corrected chi connectivity index (χ1v) is 10.7. The smallest absolute Gasteiger partial charge is 0.227 e. The van der Waals surface area contributed by atoms with Gasteiger partial charge in [-0.3, -0.25) is 4.99 Å². The number of allylic oxidation sites excluding steroid dienone is 4. The number of hydrogen-bond donors (Lipinski definition) is 0. The van der Waals surface area contributed by atoms with Gasteiger partial charge in [-0.1, -0.05) is 62.4 Å². The zero-order chi connectivity index (χ0) is 22.0. The van der Waals surface area contributed by atoms with E-state index in [0.717, 1.165) is 38.6 Å². The van der Waals surface area contributed by atoms with Gasteiger partial charge in [-0.2, -0.15) is 0 Å². The first-order valence-electron chi connectivity index (χ1n) is 10.7. The van der Waals surface area contributed by atoms with Crippen LogP contribution < -0.4 is 0 Å². The number of rotatable bonds is 5. The van der Waals surface area contributed by atoms with E-state index < -0.39 is 0 Å². The van der Waals surface area contributed by atoms with Crippen LogP contribution in [0, 0.1) is 6.92 Å². The van der Waals surface area contributed by atoms with Crippen LogP contribution >= 0.6 is 0 Å². The van der Waals surface area contributed by atoms with Crippen molar-refractivity contribution in [3.05, 3.63) is 89.1 Å². The monoisotopic (exact) mass is 408 g/mol. The van der Waals surface area contributed by atoms with Crippen molar-refractivity contribution in [3.63, 3.8) is 0 Å². The second-order valence-electron chi connectivity index (χ2n) is 8.23. The molecule has 31 heavy (non-hydrogen) atoms. The second-order valence-corrected chi connectivity index (χ2v) is 8.23. The van der Waals surface area contributed by atoms with E-state index >= 15 is 0 Å². The molecule has 4 rings (SSSR count). The Balaban J connectivity index is 1.79. The van der Waals surface area contributed by atoms with Gasteiger partial charge < -0.3 is 4.42 Å². The van der Waals surface area contributed by atoms with Crippen molar-refractivity contribution in [2.75, 3.05) is 7.05 Å². The van der Waals surface area contributed by atoms with Gasteiger partial charge in [0.1, 0.15) is 5.58 Å². The maximum Gasteiger partial charge on any atom is 0.227 e. The first-order chi connectivity index (χ1) is 15.0. The van der Waals surface area contributed by atoms with Crippen LogP contribution in [0.5, 0.6) is 0 Å². The van der Waals surface area contributed by atoms with Crippen molar-refractivity contribution in [2.45, 2.75) is 33.6 Å². The number of aryl methyl sites for hydroxylation is 1. The van der Waals surface area contributed by atoms with Crippen LogP contribution in [0.3, 0.4) is 0 Å². The molecule has 3 heteroatoms. The molecule has 0 atom stereocenters. The molecular weight excluding hydrogens is 380 g/mol. The minimum absolute atomic E-state index is 0.519. The third kappa shape index (κ3) is 4.09. The van der Waals surface area contributed by atoms with Gasteiger partial charge in [0.25, 0.3) is 0 Å². The molecule has 4 aromatic rings. The molecule has 0 saturated carbocycles. The van der Waals surface area contributed by atoms with Crippen LogP contribution in [-0.2, 0) is 0 Å². The topological polar surface area (TPSA) is 38.4 Å². The van der Waals surface area contributed by atoms with Gasteiger partial charge in [-0.05, 0) is 59.7 Å². The third-order valence-electron chi connectivity index (χ3n) is 5.71. The fourth-order valence-electron chi connectivity index (χ4n) is 3.97. The minimum atomic E-state index is 0.519. The van der Waals surface area contributed by atoms with Gasteiger partial charge >= 0.3 is 0 Å². The number of aliphatic imine (C=N–C) groups is 1. The van der Waals surface area contributed by atoms with E-state index in [0.29, 0.717) is 11.6 Å². The summed E-state index contributed by atoms with van der Waals surface area (Å²) in [5.74, 6) is 0.519. The van der Waals surface area contributed by atoms with Gasteiger partial charge in [-0.25, -0.2) is 4.98 Å². The summed E-state index contributed by atoms with van der Waals surface area (Å²) in [5, 5.41) is 2.14. The van der Waals surface area contributed by atoms with Crippen molar-refractivity contribution >= 4 is 39.4 Å². The van der Waals surface area contributed by atoms with Gasteiger partial charge in [-0.15, -0.1) is 0 Å². The lowest BCUT2D eigenvalue weighted by atomic mass is 9.96. The van der Waals surface area contributed by atoms with E-state index in [1.165, 1.54) is 11.1 Å². The fraction of sp³-hybridized carbons (Fsp3) is 0.214. The predicted octanol–water partition coefficient (Wildman–Crippen LogP) is 7.60. The number of hydrogen-bond acceptors (Lipinski definition) is 3. The molecule has 0 saturated heterocycles. The van der Waals surface area contributed by atoms with Crippen LogP contribution in [0.4, 0.5) is 0 Å². The Bertz CT molecular complexity index is 1320. The molecule has 2 aromatic carbocycles. The summed E-state index contributed by atoms with van der Waals surface area (Å²) >= 11 is 0. The Morgan fingerprint density at radius 1 is 1.00 bits per heavy atom. The maximum atomic E-state index is 6.16. The number of nitrogens with zero attached hydrogens (tertiary/aromatic N) is 2. The molecule has 0 aliphatic heterocycles. The molecule has 0 unspecified atom stereocenters. The van der Waals surface area contributed by atoms with E-state index in [4.69, 9.17) is 4.42 Å². The van der Waals surface area contributed by atoms with Crippen LogP contribution in [0.15, 0.2) is 76.3 Å². The van der Waals surface area contributed by atoms with E-state index in [-0.39, 0.29) is 0 Å². The summed E-state index contributed by atoms with van der Waals surface area (Å²) in [6.07, 6.45) is 7.96. The molecule has 0 aliphatic rings. The summed E-state index contributed by atoms with van der Waals surface area (Å²) in [6, 6.07) is 17.0. The highest BCUT2D eigenvalue weighted by atomic mass is 16.3. The van der Waals surface area contributed by atoms with Crippen molar-refractivity contribution in [3.8, 4) is 0 Å². The maximum absolute atomic E-state index is 6.16. The van der Waals surface area contributed by atoms with Gasteiger partial charge in [0.15, 0.2) is 0 Å². The Morgan fingerprint density at radius 3 is 2.48 bits per heavy atom. The number of pyridine rings is 1. The van der Waals surface area contributed by atoms with E-state index in [9.17, 15) is 0 Å². The summed E-state index contributed by atoms with van der Waals surface area (Å²) in [7, 11) is 1.80. The Morgan fingerprint density at radius 2 is 1.77 bits per heavy atom. The quantitative estimate of drug-likeness (QED) is 0.252. The highest BCUT2D eigenvalue weighted by Gasteiger charge is 2.14. The molecule has 0 N–H and O–H groups in total. The zero-order valence-corrected chi connectivity index (χ0v) is 18.8. The number of benzene rings is 2. The highest BCUT2D eigenvalue weighted by molar-refractivity contribution is 6.11. The Labute approximate surface area is 183 Å². The Hall–Kier alpha value is -3.46. The van der Waals surface area contributed by atoms with Crippen molar-refractivity contribution in [1.82, 2.24) is 4.98 Å². The zero-order valence-electron chi connectivity index (χ0n) is 18.8. The average Bonchev–Trinajstić information content (AvgIpc) is 3.14. The summed E-state index contributed by atoms with van der Waals surface area (Å²) in [5.41, 5.74) is 8.58. The van der Waals surface area contributed by atoms with Crippen molar-refractivity contribution < 1.29 is 4.42 Å². The van der Waals surface area contributed by atoms with Crippen LogP contribution in [0.2, 0.25) is 0 Å². The largest absolute Gasteiger partial charge is 0.437 e. The molecule has 2 aromatic heterocycles. The van der Waals surface area contributed by atoms with Gasteiger partial charge in [0.2, 0.25) is 5.71 Å². The summed E-state index contributed by atoms with van der Waals surface area (Å²) in [6.45, 7) is 8.67. The fourth-order valence-corrected chi connectivity index (χ4v) is 3.97. The first kappa shape index (κ1) is 20.8. The number of aromatic nitrogens is 1. The number of fused-ring (bicyclic) bond motifs is 3.